The second-order valence-electron chi connectivity index (χ2n) is 4.85. The van der Waals surface area contributed by atoms with Crippen molar-refractivity contribution < 1.29 is 27.4 Å². The van der Waals surface area contributed by atoms with Crippen LogP contribution in [-0.2, 0) is 11.3 Å². The molecule has 2 aromatic rings. The fraction of sp³-hybridized carbons (Fsp3) is 0.235. The largest absolute Gasteiger partial charge is 0.496 e. The first kappa shape index (κ1) is 18.2. The van der Waals surface area contributed by atoms with E-state index >= 15 is 0 Å². The van der Waals surface area contributed by atoms with E-state index < -0.39 is 12.8 Å². The van der Waals surface area contributed by atoms with E-state index in [0.717, 1.165) is 0 Å². The average Bonchev–Trinajstić information content (AvgIpc) is 3.06. The van der Waals surface area contributed by atoms with Gasteiger partial charge in [0, 0.05) is 5.56 Å². The molecule has 24 heavy (non-hydrogen) atoms. The van der Waals surface area contributed by atoms with Crippen LogP contribution in [0.25, 0.3) is 6.08 Å². The summed E-state index contributed by atoms with van der Waals surface area (Å²) in [6.45, 7) is -1.56. The molecule has 0 fully saturated rings. The predicted octanol–water partition coefficient (Wildman–Crippen LogP) is 4.73. The van der Waals surface area contributed by atoms with Gasteiger partial charge in [-0.3, -0.25) is 4.79 Å². The summed E-state index contributed by atoms with van der Waals surface area (Å²) >= 11 is 1.34. The van der Waals surface area contributed by atoms with E-state index in [9.17, 15) is 18.0 Å². The third-order valence-electron chi connectivity index (χ3n) is 3.02. The lowest BCUT2D eigenvalue weighted by Gasteiger charge is -2.11. The molecule has 7 heteroatoms. The normalized spacial score (nSPS) is 11.8. The fourth-order valence-corrected chi connectivity index (χ4v) is 2.61. The molecule has 0 atom stereocenters. The molecular formula is C17H15F3O3S. The van der Waals surface area contributed by atoms with Gasteiger partial charge in [-0.25, -0.2) is 0 Å². The molecule has 0 aliphatic heterocycles. The lowest BCUT2D eigenvalue weighted by atomic mass is 10.1. The number of rotatable bonds is 7. The van der Waals surface area contributed by atoms with Crippen LogP contribution in [0.3, 0.4) is 0 Å². The SMILES string of the molecule is COc1ccc(/C=C/C(=O)c2cccs2)cc1COCC(F)(F)F. The molecule has 0 amide bonds. The third-order valence-corrected chi connectivity index (χ3v) is 3.90. The van der Waals surface area contributed by atoms with E-state index in [-0.39, 0.29) is 12.4 Å². The minimum Gasteiger partial charge on any atom is -0.496 e. The number of carbonyl (C=O) groups is 1. The number of methoxy groups -OCH3 is 1. The van der Waals surface area contributed by atoms with Crippen LogP contribution in [0, 0.1) is 0 Å². The number of alkyl halides is 3. The summed E-state index contributed by atoms with van der Waals surface area (Å²) in [6.07, 6.45) is -1.35. The van der Waals surface area contributed by atoms with Crippen LogP contribution < -0.4 is 4.74 Å². The molecule has 0 aliphatic rings. The van der Waals surface area contributed by atoms with E-state index in [1.54, 1.807) is 36.4 Å². The van der Waals surface area contributed by atoms with Crippen LogP contribution in [0.5, 0.6) is 5.75 Å². The Bertz CT molecular complexity index is 706. The number of hydrogen-bond acceptors (Lipinski definition) is 4. The van der Waals surface area contributed by atoms with Crippen LogP contribution in [0.4, 0.5) is 13.2 Å². The van der Waals surface area contributed by atoms with Crippen molar-refractivity contribution in [3.05, 3.63) is 57.8 Å². The summed E-state index contributed by atoms with van der Waals surface area (Å²) < 4.78 is 46.3. The Morgan fingerprint density at radius 1 is 1.29 bits per heavy atom. The Morgan fingerprint density at radius 2 is 2.08 bits per heavy atom. The highest BCUT2D eigenvalue weighted by Gasteiger charge is 2.27. The number of halogens is 3. The summed E-state index contributed by atoms with van der Waals surface area (Å²) in [6, 6.07) is 8.48. The first-order valence-corrected chi connectivity index (χ1v) is 7.84. The van der Waals surface area contributed by atoms with Gasteiger partial charge in [0.1, 0.15) is 12.4 Å². The van der Waals surface area contributed by atoms with E-state index in [2.05, 4.69) is 4.74 Å². The number of ether oxygens (including phenoxy) is 2. The van der Waals surface area contributed by atoms with Crippen LogP contribution in [-0.4, -0.2) is 25.7 Å². The molecule has 0 aliphatic carbocycles. The second kappa shape index (κ2) is 8.12. The van der Waals surface area contributed by atoms with Gasteiger partial charge >= 0.3 is 6.18 Å². The average molecular weight is 356 g/mol. The molecule has 0 spiro atoms. The molecule has 2 rings (SSSR count). The van der Waals surface area contributed by atoms with Crippen molar-refractivity contribution in [2.24, 2.45) is 0 Å². The first-order chi connectivity index (χ1) is 11.4. The summed E-state index contributed by atoms with van der Waals surface area (Å²) in [5.74, 6) is 0.301. The van der Waals surface area contributed by atoms with Gasteiger partial charge in [0.05, 0.1) is 18.6 Å². The van der Waals surface area contributed by atoms with E-state index in [4.69, 9.17) is 4.74 Å². The number of hydrogen-bond donors (Lipinski definition) is 0. The highest BCUT2D eigenvalue weighted by Crippen LogP contribution is 2.23. The maximum absolute atomic E-state index is 12.2. The Hall–Kier alpha value is -2.12. The van der Waals surface area contributed by atoms with Gasteiger partial charge in [0.2, 0.25) is 0 Å². The van der Waals surface area contributed by atoms with Crippen molar-refractivity contribution in [1.82, 2.24) is 0 Å². The fourth-order valence-electron chi connectivity index (χ4n) is 1.96. The van der Waals surface area contributed by atoms with Crippen LogP contribution in [0.2, 0.25) is 0 Å². The molecule has 1 aromatic heterocycles. The third kappa shape index (κ3) is 5.50. The van der Waals surface area contributed by atoms with Gasteiger partial charge in [-0.15, -0.1) is 11.3 Å². The van der Waals surface area contributed by atoms with Crippen molar-refractivity contribution in [2.75, 3.05) is 13.7 Å². The van der Waals surface area contributed by atoms with Crippen molar-refractivity contribution in [3.8, 4) is 5.75 Å². The van der Waals surface area contributed by atoms with Crippen LogP contribution >= 0.6 is 11.3 Å². The molecule has 0 unspecified atom stereocenters. The second-order valence-corrected chi connectivity index (χ2v) is 5.80. The number of ketones is 1. The zero-order chi connectivity index (χ0) is 17.6. The summed E-state index contributed by atoms with van der Waals surface area (Å²) in [7, 11) is 1.43. The van der Waals surface area contributed by atoms with E-state index in [0.29, 0.717) is 21.8 Å². The summed E-state index contributed by atoms with van der Waals surface area (Å²) in [5, 5.41) is 1.81. The molecule has 0 saturated heterocycles. The van der Waals surface area contributed by atoms with Crippen LogP contribution in [0.15, 0.2) is 41.8 Å². The van der Waals surface area contributed by atoms with Gasteiger partial charge in [-0.1, -0.05) is 18.2 Å². The minimum atomic E-state index is -4.38. The van der Waals surface area contributed by atoms with Gasteiger partial charge in [-0.05, 0) is 35.2 Å². The molecule has 1 aromatic carbocycles. The van der Waals surface area contributed by atoms with Crippen molar-refractivity contribution >= 4 is 23.2 Å². The highest BCUT2D eigenvalue weighted by atomic mass is 32.1. The standard InChI is InChI=1S/C17H15F3O3S/c1-22-15-7-5-12(4-6-14(21)16-3-2-8-24-16)9-13(15)10-23-11-17(18,19)20/h2-9H,10-11H2,1H3/b6-4+. The molecule has 0 N–H and O–H groups in total. The topological polar surface area (TPSA) is 35.5 Å². The maximum atomic E-state index is 12.2. The first-order valence-electron chi connectivity index (χ1n) is 6.96. The zero-order valence-corrected chi connectivity index (χ0v) is 13.6. The van der Waals surface area contributed by atoms with Gasteiger partial charge in [0.25, 0.3) is 0 Å². The summed E-state index contributed by atoms with van der Waals surface area (Å²) in [5.41, 5.74) is 1.15. The van der Waals surface area contributed by atoms with Gasteiger partial charge in [-0.2, -0.15) is 13.2 Å². The maximum Gasteiger partial charge on any atom is 0.411 e. The Labute approximate surface area is 141 Å². The molecular weight excluding hydrogens is 341 g/mol. The Kier molecular flexibility index (Phi) is 6.16. The molecule has 0 saturated carbocycles. The zero-order valence-electron chi connectivity index (χ0n) is 12.8. The summed E-state index contributed by atoms with van der Waals surface area (Å²) in [4.78, 5) is 12.5. The predicted molar refractivity (Wildman–Crippen MR) is 86.4 cm³/mol. The van der Waals surface area contributed by atoms with Crippen molar-refractivity contribution in [1.29, 1.82) is 0 Å². The number of benzene rings is 1. The number of allylic oxidation sites excluding steroid dienone is 1. The van der Waals surface area contributed by atoms with Gasteiger partial charge < -0.3 is 9.47 Å². The lowest BCUT2D eigenvalue weighted by molar-refractivity contribution is -0.176. The molecule has 0 radical (unpaired) electrons. The van der Waals surface area contributed by atoms with E-state index in [1.165, 1.54) is 24.5 Å². The monoisotopic (exact) mass is 356 g/mol. The van der Waals surface area contributed by atoms with Crippen LogP contribution in [0.1, 0.15) is 20.8 Å². The lowest BCUT2D eigenvalue weighted by Crippen LogP contribution is -2.16. The Balaban J connectivity index is 2.08. The quantitative estimate of drug-likeness (QED) is 0.531. The number of carbonyl (C=O) groups excluding carboxylic acids is 1. The molecule has 0 bridgehead atoms. The smallest absolute Gasteiger partial charge is 0.411 e. The van der Waals surface area contributed by atoms with Crippen molar-refractivity contribution in [3.63, 3.8) is 0 Å². The highest BCUT2D eigenvalue weighted by molar-refractivity contribution is 7.12. The molecule has 1 heterocycles. The molecule has 128 valence electrons. The molecule has 3 nitrogen and oxygen atoms in total. The van der Waals surface area contributed by atoms with E-state index in [1.807, 2.05) is 5.38 Å². The number of thiophene rings is 1. The van der Waals surface area contributed by atoms with Gasteiger partial charge in [0.15, 0.2) is 5.78 Å². The van der Waals surface area contributed by atoms with Crippen molar-refractivity contribution in [2.45, 2.75) is 12.8 Å². The minimum absolute atomic E-state index is 0.129. The Morgan fingerprint density at radius 3 is 2.71 bits per heavy atom.